The predicted molar refractivity (Wildman–Crippen MR) is 121 cm³/mol. The summed E-state index contributed by atoms with van der Waals surface area (Å²) in [5.41, 5.74) is 3.84. The summed E-state index contributed by atoms with van der Waals surface area (Å²) in [7, 11) is 0. The lowest BCUT2D eigenvalue weighted by atomic mass is 10.0. The normalized spacial score (nSPS) is 15.4. The fourth-order valence-electron chi connectivity index (χ4n) is 3.90. The summed E-state index contributed by atoms with van der Waals surface area (Å²) in [6.45, 7) is 12.7. The van der Waals surface area contributed by atoms with Crippen molar-refractivity contribution in [1.29, 1.82) is 0 Å². The molecular weight excluding hydrogens is 392 g/mol. The first kappa shape index (κ1) is 21.2. The maximum Gasteiger partial charge on any atom is 0.256 e. The van der Waals surface area contributed by atoms with Crippen LogP contribution in [0.3, 0.4) is 0 Å². The number of nitrogens with zero attached hydrogens (tertiary/aromatic N) is 3. The topological polar surface area (TPSA) is 78.3 Å². The lowest BCUT2D eigenvalue weighted by Gasteiger charge is -2.15. The number of hydrogen-bond donors (Lipinski definition) is 1. The molecule has 0 radical (unpaired) electrons. The van der Waals surface area contributed by atoms with Crippen LogP contribution in [0.5, 0.6) is 11.5 Å². The highest BCUT2D eigenvalue weighted by Crippen LogP contribution is 2.38. The molecule has 3 aromatic rings. The number of carbonyl (C=O) groups is 1. The molecule has 0 saturated carbocycles. The Morgan fingerprint density at radius 1 is 1.29 bits per heavy atom. The molecule has 1 aromatic carbocycles. The average molecular weight is 423 g/mol. The molecule has 3 heterocycles. The number of amides is 1. The molecule has 1 N–H and O–H groups in total. The van der Waals surface area contributed by atoms with E-state index >= 15 is 0 Å². The number of nitrogens with one attached hydrogen (secondary N) is 1. The van der Waals surface area contributed by atoms with Gasteiger partial charge in [0.05, 0.1) is 29.4 Å². The summed E-state index contributed by atoms with van der Waals surface area (Å²) in [4.78, 5) is 18.2. The van der Waals surface area contributed by atoms with Gasteiger partial charge in [-0.3, -0.25) is 4.79 Å². The van der Waals surface area contributed by atoms with Gasteiger partial charge in [0.2, 0.25) is 0 Å². The summed E-state index contributed by atoms with van der Waals surface area (Å²) in [6, 6.07) is 5.84. The molecule has 31 heavy (non-hydrogen) atoms. The van der Waals surface area contributed by atoms with Gasteiger partial charge in [-0.2, -0.15) is 5.10 Å². The molecule has 2 aromatic heterocycles. The summed E-state index contributed by atoms with van der Waals surface area (Å²) in [5, 5.41) is 8.26. The van der Waals surface area contributed by atoms with Crippen molar-refractivity contribution in [3.05, 3.63) is 41.2 Å². The first-order valence-corrected chi connectivity index (χ1v) is 10.9. The van der Waals surface area contributed by atoms with Gasteiger partial charge in [-0.25, -0.2) is 9.67 Å². The molecule has 1 aliphatic heterocycles. The van der Waals surface area contributed by atoms with Crippen molar-refractivity contribution in [3.8, 4) is 11.5 Å². The summed E-state index contributed by atoms with van der Waals surface area (Å²) in [6.07, 6.45) is 2.67. The van der Waals surface area contributed by atoms with E-state index in [1.165, 1.54) is 0 Å². The number of benzene rings is 1. The smallest absolute Gasteiger partial charge is 0.256 e. The van der Waals surface area contributed by atoms with Crippen molar-refractivity contribution in [2.24, 2.45) is 0 Å². The van der Waals surface area contributed by atoms with Gasteiger partial charge in [0.15, 0.2) is 5.65 Å². The van der Waals surface area contributed by atoms with Gasteiger partial charge >= 0.3 is 0 Å². The third-order valence-corrected chi connectivity index (χ3v) is 5.46. The van der Waals surface area contributed by atoms with Crippen LogP contribution < -0.4 is 14.8 Å². The number of ether oxygens (including phenoxy) is 2. The second-order valence-corrected chi connectivity index (χ2v) is 8.65. The molecule has 164 valence electrons. The lowest BCUT2D eigenvalue weighted by molar-refractivity contribution is 0.102. The highest BCUT2D eigenvalue weighted by Gasteiger charge is 2.24. The van der Waals surface area contributed by atoms with Gasteiger partial charge in [-0.05, 0) is 45.7 Å². The zero-order valence-electron chi connectivity index (χ0n) is 19.0. The van der Waals surface area contributed by atoms with Crippen molar-refractivity contribution in [2.75, 3.05) is 11.9 Å². The molecule has 1 atom stereocenters. The molecule has 4 rings (SSSR count). The van der Waals surface area contributed by atoms with Crippen molar-refractivity contribution in [2.45, 2.75) is 66.0 Å². The Morgan fingerprint density at radius 2 is 2.06 bits per heavy atom. The number of fused-ring (bicyclic) bond motifs is 2. The molecule has 0 saturated heterocycles. The number of carbonyl (C=O) groups excluding carboxylic acids is 1. The zero-order chi connectivity index (χ0) is 22.3. The Labute approximate surface area is 182 Å². The predicted octanol–water partition coefficient (Wildman–Crippen LogP) is 5.11. The fraction of sp³-hybridized carbons (Fsp3) is 0.458. The van der Waals surface area contributed by atoms with Crippen molar-refractivity contribution >= 4 is 22.6 Å². The molecule has 1 amide bonds. The number of pyridine rings is 1. The summed E-state index contributed by atoms with van der Waals surface area (Å²) >= 11 is 0. The van der Waals surface area contributed by atoms with E-state index in [0.717, 1.165) is 34.5 Å². The van der Waals surface area contributed by atoms with Crippen LogP contribution in [0.4, 0.5) is 5.69 Å². The average Bonchev–Trinajstić information content (AvgIpc) is 3.29. The van der Waals surface area contributed by atoms with Gasteiger partial charge in [-0.1, -0.05) is 13.8 Å². The van der Waals surface area contributed by atoms with Crippen molar-refractivity contribution in [1.82, 2.24) is 14.8 Å². The van der Waals surface area contributed by atoms with Crippen molar-refractivity contribution in [3.63, 3.8) is 0 Å². The van der Waals surface area contributed by atoms with Crippen LogP contribution in [0.25, 0.3) is 11.0 Å². The van der Waals surface area contributed by atoms with E-state index in [2.05, 4.69) is 38.1 Å². The standard InChI is InChI=1S/C24H30N4O3/c1-7-30-22-9-16-8-15(6)31-21(16)11-20(22)27-24(29)17-10-19(13(2)3)26-23-18(17)12-25-28(23)14(4)5/h9-15H,7-8H2,1-6H3,(H,27,29)/t15-/m0/s1. The highest BCUT2D eigenvalue weighted by atomic mass is 16.5. The van der Waals surface area contributed by atoms with Gasteiger partial charge in [0.25, 0.3) is 5.91 Å². The van der Waals surface area contributed by atoms with Crippen LogP contribution >= 0.6 is 0 Å². The molecule has 0 unspecified atom stereocenters. The minimum absolute atomic E-state index is 0.116. The lowest BCUT2D eigenvalue weighted by Crippen LogP contribution is -2.15. The second-order valence-electron chi connectivity index (χ2n) is 8.65. The molecule has 0 fully saturated rings. The fourth-order valence-corrected chi connectivity index (χ4v) is 3.90. The Balaban J connectivity index is 1.76. The monoisotopic (exact) mass is 422 g/mol. The second kappa shape index (κ2) is 8.21. The highest BCUT2D eigenvalue weighted by molar-refractivity contribution is 6.12. The Bertz CT molecular complexity index is 1130. The molecule has 0 bridgehead atoms. The van der Waals surface area contributed by atoms with Crippen LogP contribution in [-0.2, 0) is 6.42 Å². The minimum atomic E-state index is -0.218. The van der Waals surface area contributed by atoms with E-state index < -0.39 is 0 Å². The number of aromatic nitrogens is 3. The number of anilines is 1. The van der Waals surface area contributed by atoms with E-state index in [0.29, 0.717) is 23.6 Å². The van der Waals surface area contributed by atoms with Crippen LogP contribution in [0.2, 0.25) is 0 Å². The quantitative estimate of drug-likeness (QED) is 0.597. The maximum atomic E-state index is 13.4. The van der Waals surface area contributed by atoms with Crippen LogP contribution in [-0.4, -0.2) is 33.4 Å². The minimum Gasteiger partial charge on any atom is -0.492 e. The zero-order valence-corrected chi connectivity index (χ0v) is 19.0. The van der Waals surface area contributed by atoms with Gasteiger partial charge in [-0.15, -0.1) is 0 Å². The Kier molecular flexibility index (Phi) is 5.60. The molecule has 7 nitrogen and oxygen atoms in total. The van der Waals surface area contributed by atoms with Gasteiger partial charge < -0.3 is 14.8 Å². The van der Waals surface area contributed by atoms with E-state index in [4.69, 9.17) is 14.5 Å². The first-order valence-electron chi connectivity index (χ1n) is 10.9. The number of rotatable bonds is 6. The van der Waals surface area contributed by atoms with E-state index in [9.17, 15) is 4.79 Å². The summed E-state index contributed by atoms with van der Waals surface area (Å²) in [5.74, 6) is 1.41. The van der Waals surface area contributed by atoms with E-state index in [-0.39, 0.29) is 24.0 Å². The van der Waals surface area contributed by atoms with Crippen LogP contribution in [0, 0.1) is 0 Å². The molecule has 0 aliphatic carbocycles. The van der Waals surface area contributed by atoms with Crippen LogP contribution in [0.1, 0.15) is 75.1 Å². The van der Waals surface area contributed by atoms with Gasteiger partial charge in [0, 0.05) is 29.8 Å². The molecular formula is C24H30N4O3. The van der Waals surface area contributed by atoms with Crippen molar-refractivity contribution < 1.29 is 14.3 Å². The third kappa shape index (κ3) is 3.96. The summed E-state index contributed by atoms with van der Waals surface area (Å²) < 4.78 is 13.6. The first-order chi connectivity index (χ1) is 14.8. The Hall–Kier alpha value is -3.09. The largest absolute Gasteiger partial charge is 0.492 e. The van der Waals surface area contributed by atoms with Crippen LogP contribution in [0.15, 0.2) is 24.4 Å². The maximum absolute atomic E-state index is 13.4. The molecule has 7 heteroatoms. The Morgan fingerprint density at radius 3 is 2.74 bits per heavy atom. The third-order valence-electron chi connectivity index (χ3n) is 5.46. The van der Waals surface area contributed by atoms with E-state index in [1.54, 1.807) is 6.20 Å². The van der Waals surface area contributed by atoms with E-state index in [1.807, 2.05) is 36.7 Å². The number of hydrogen-bond acceptors (Lipinski definition) is 5. The molecule has 0 spiro atoms. The molecule has 1 aliphatic rings. The van der Waals surface area contributed by atoms with Gasteiger partial charge in [0.1, 0.15) is 17.6 Å². The SMILES string of the molecule is CCOc1cc2c(cc1NC(=O)c1cc(C(C)C)nc3c1cnn3C(C)C)O[C@@H](C)C2.